The van der Waals surface area contributed by atoms with Crippen LogP contribution in [0.1, 0.15) is 29.9 Å². The lowest BCUT2D eigenvalue weighted by molar-refractivity contribution is -0.384. The Morgan fingerprint density at radius 3 is 2.59 bits per heavy atom. The van der Waals surface area contributed by atoms with E-state index >= 15 is 0 Å². The number of thiazole rings is 1. The number of hydrogen-bond donors (Lipinski definition) is 0. The topological polar surface area (TPSA) is 117 Å². The standard InChI is InChI=1S/C32H21ClFN3O6S/c1-2-42-31(39)27-28(18-6-4-3-5-7-18)35-32-36(29(27)19-8-11-21(34)12-9-19)30(38)26(44-32)17-22-13-15-25(43-22)23-14-10-20(33)16-24(23)37(40)41/h3-17,29H,2H2,1H3/b26-17-. The van der Waals surface area contributed by atoms with E-state index in [2.05, 4.69) is 0 Å². The van der Waals surface area contributed by atoms with Crippen molar-refractivity contribution in [3.63, 3.8) is 0 Å². The minimum atomic E-state index is -0.966. The van der Waals surface area contributed by atoms with Crippen LogP contribution in [0.25, 0.3) is 23.1 Å². The van der Waals surface area contributed by atoms with Gasteiger partial charge < -0.3 is 9.15 Å². The highest BCUT2D eigenvalue weighted by Crippen LogP contribution is 2.36. The van der Waals surface area contributed by atoms with Crippen molar-refractivity contribution in [2.45, 2.75) is 13.0 Å². The van der Waals surface area contributed by atoms with E-state index in [1.165, 1.54) is 53.1 Å². The molecule has 0 saturated carbocycles. The lowest BCUT2D eigenvalue weighted by Crippen LogP contribution is -2.40. The first-order valence-corrected chi connectivity index (χ1v) is 14.5. The number of fused-ring (bicyclic) bond motifs is 1. The van der Waals surface area contributed by atoms with Crippen molar-refractivity contribution in [2.24, 2.45) is 4.99 Å². The van der Waals surface area contributed by atoms with Crippen LogP contribution < -0.4 is 14.9 Å². The van der Waals surface area contributed by atoms with Gasteiger partial charge in [0.25, 0.3) is 11.2 Å². The highest BCUT2D eigenvalue weighted by atomic mass is 35.5. The van der Waals surface area contributed by atoms with Crippen molar-refractivity contribution < 1.29 is 23.3 Å². The number of rotatable bonds is 7. The second-order valence-corrected chi connectivity index (χ2v) is 11.0. The van der Waals surface area contributed by atoms with Crippen LogP contribution >= 0.6 is 22.9 Å². The molecule has 5 aromatic rings. The van der Waals surface area contributed by atoms with E-state index in [0.29, 0.717) is 21.6 Å². The molecule has 0 saturated heterocycles. The summed E-state index contributed by atoms with van der Waals surface area (Å²) in [6, 6.07) is 21.0. The molecule has 0 radical (unpaired) electrons. The largest absolute Gasteiger partial charge is 0.463 e. The normalized spacial score (nSPS) is 14.7. The maximum absolute atomic E-state index is 14.0. The van der Waals surface area contributed by atoms with Crippen LogP contribution in [0.3, 0.4) is 0 Å². The number of halogens is 2. The Bertz CT molecular complexity index is 2130. The maximum atomic E-state index is 14.0. The van der Waals surface area contributed by atoms with Crippen LogP contribution in [0, 0.1) is 15.9 Å². The molecule has 12 heteroatoms. The van der Waals surface area contributed by atoms with Crippen molar-refractivity contribution in [3.05, 3.63) is 148 Å². The molecule has 1 aliphatic rings. The van der Waals surface area contributed by atoms with Crippen molar-refractivity contribution in [3.8, 4) is 11.3 Å². The van der Waals surface area contributed by atoms with Gasteiger partial charge in [0.2, 0.25) is 0 Å². The SMILES string of the molecule is CCOC(=O)C1=C(c2ccccc2)N=c2s/c(=C\c3ccc(-c4ccc(Cl)cc4[N+](=O)[O-])o3)c(=O)n2C1c1ccc(F)cc1. The quantitative estimate of drug-likeness (QED) is 0.126. The van der Waals surface area contributed by atoms with Gasteiger partial charge in [-0.1, -0.05) is 65.4 Å². The van der Waals surface area contributed by atoms with Gasteiger partial charge in [0.15, 0.2) is 4.80 Å². The number of esters is 1. The van der Waals surface area contributed by atoms with E-state index in [1.54, 1.807) is 31.2 Å². The number of aromatic nitrogens is 1. The van der Waals surface area contributed by atoms with Gasteiger partial charge in [-0.25, -0.2) is 14.2 Å². The van der Waals surface area contributed by atoms with Gasteiger partial charge in [0.1, 0.15) is 17.3 Å². The summed E-state index contributed by atoms with van der Waals surface area (Å²) in [5, 5.41) is 11.8. The molecule has 2 aromatic heterocycles. The molecule has 0 aliphatic carbocycles. The predicted octanol–water partition coefficient (Wildman–Crippen LogP) is 5.90. The summed E-state index contributed by atoms with van der Waals surface area (Å²) < 4.78 is 26.9. The fourth-order valence-electron chi connectivity index (χ4n) is 4.97. The van der Waals surface area contributed by atoms with Crippen LogP contribution in [-0.2, 0) is 9.53 Å². The van der Waals surface area contributed by atoms with Crippen LogP contribution in [0.15, 0.2) is 105 Å². The first-order chi connectivity index (χ1) is 21.2. The average Bonchev–Trinajstić information content (AvgIpc) is 3.61. The number of nitro benzene ring substituents is 1. The van der Waals surface area contributed by atoms with Crippen LogP contribution in [-0.4, -0.2) is 22.1 Å². The number of hydrogen-bond acceptors (Lipinski definition) is 8. The lowest BCUT2D eigenvalue weighted by Gasteiger charge is -2.25. The summed E-state index contributed by atoms with van der Waals surface area (Å²) in [5.41, 5.74) is 1.13. The minimum Gasteiger partial charge on any atom is -0.463 e. The van der Waals surface area contributed by atoms with Gasteiger partial charge in [0.05, 0.1) is 38.9 Å². The van der Waals surface area contributed by atoms with E-state index in [4.69, 9.17) is 25.7 Å². The number of carbonyl (C=O) groups excluding carboxylic acids is 1. The second-order valence-electron chi connectivity index (χ2n) is 9.60. The summed E-state index contributed by atoms with van der Waals surface area (Å²) >= 11 is 7.03. The molecule has 0 amide bonds. The molecular weight excluding hydrogens is 609 g/mol. The van der Waals surface area contributed by atoms with Gasteiger partial charge in [-0.2, -0.15) is 0 Å². The van der Waals surface area contributed by atoms with E-state index in [1.807, 2.05) is 18.2 Å². The number of carbonyl (C=O) groups is 1. The third-order valence-electron chi connectivity index (χ3n) is 6.88. The highest BCUT2D eigenvalue weighted by Gasteiger charge is 2.35. The van der Waals surface area contributed by atoms with Crippen LogP contribution in [0.2, 0.25) is 5.02 Å². The fourth-order valence-corrected chi connectivity index (χ4v) is 6.12. The zero-order chi connectivity index (χ0) is 31.0. The monoisotopic (exact) mass is 629 g/mol. The Labute approximate surface area is 257 Å². The van der Waals surface area contributed by atoms with E-state index in [9.17, 15) is 24.1 Å². The number of nitro groups is 1. The predicted molar refractivity (Wildman–Crippen MR) is 163 cm³/mol. The molecule has 1 aliphatic heterocycles. The molecule has 220 valence electrons. The first-order valence-electron chi connectivity index (χ1n) is 13.3. The van der Waals surface area contributed by atoms with E-state index < -0.39 is 28.3 Å². The first kappa shape index (κ1) is 29.0. The Balaban J connectivity index is 1.55. The maximum Gasteiger partial charge on any atom is 0.338 e. The highest BCUT2D eigenvalue weighted by molar-refractivity contribution is 7.07. The van der Waals surface area contributed by atoms with E-state index in [-0.39, 0.29) is 44.5 Å². The molecule has 0 fully saturated rings. The van der Waals surface area contributed by atoms with Gasteiger partial charge in [-0.3, -0.25) is 19.5 Å². The van der Waals surface area contributed by atoms with Crippen LogP contribution in [0.5, 0.6) is 0 Å². The van der Waals surface area contributed by atoms with Gasteiger partial charge in [0, 0.05) is 22.7 Å². The van der Waals surface area contributed by atoms with Crippen LogP contribution in [0.4, 0.5) is 10.1 Å². The molecule has 6 rings (SSSR count). The zero-order valence-electron chi connectivity index (χ0n) is 22.9. The second kappa shape index (κ2) is 11.9. The fraction of sp³-hybridized carbons (Fsp3) is 0.0938. The number of benzene rings is 3. The zero-order valence-corrected chi connectivity index (χ0v) is 24.5. The summed E-state index contributed by atoms with van der Waals surface area (Å²) in [5.74, 6) is -0.645. The molecule has 0 N–H and O–H groups in total. The Kier molecular flexibility index (Phi) is 7.81. The number of nitrogens with zero attached hydrogens (tertiary/aromatic N) is 3. The number of furan rings is 1. The Hall–Kier alpha value is -5.13. The van der Waals surface area contributed by atoms with Gasteiger partial charge in [-0.05, 0) is 48.9 Å². The summed E-state index contributed by atoms with van der Waals surface area (Å²) in [6.45, 7) is 1.77. The Morgan fingerprint density at radius 2 is 1.89 bits per heavy atom. The van der Waals surface area contributed by atoms with E-state index in [0.717, 1.165) is 11.3 Å². The summed E-state index contributed by atoms with van der Waals surface area (Å²) in [7, 11) is 0. The molecule has 0 spiro atoms. The molecule has 44 heavy (non-hydrogen) atoms. The summed E-state index contributed by atoms with van der Waals surface area (Å²) in [4.78, 5) is 43.6. The lowest BCUT2D eigenvalue weighted by atomic mass is 9.93. The summed E-state index contributed by atoms with van der Waals surface area (Å²) in [6.07, 6.45) is 1.51. The molecule has 1 unspecified atom stereocenters. The van der Waals surface area contributed by atoms with Crippen molar-refractivity contribution >= 4 is 46.4 Å². The average molecular weight is 630 g/mol. The van der Waals surface area contributed by atoms with Gasteiger partial charge >= 0.3 is 5.97 Å². The smallest absolute Gasteiger partial charge is 0.338 e. The molecule has 3 aromatic carbocycles. The number of ether oxygens (including phenoxy) is 1. The third-order valence-corrected chi connectivity index (χ3v) is 8.10. The third kappa shape index (κ3) is 5.38. The Morgan fingerprint density at radius 1 is 1.14 bits per heavy atom. The minimum absolute atomic E-state index is 0.0948. The molecule has 1 atom stereocenters. The molecule has 3 heterocycles. The van der Waals surface area contributed by atoms with Crippen molar-refractivity contribution in [2.75, 3.05) is 6.61 Å². The van der Waals surface area contributed by atoms with Crippen molar-refractivity contribution in [1.82, 2.24) is 4.57 Å². The molecule has 9 nitrogen and oxygen atoms in total. The molecular formula is C32H21ClFN3O6S. The van der Waals surface area contributed by atoms with Gasteiger partial charge in [-0.15, -0.1) is 0 Å². The van der Waals surface area contributed by atoms with Crippen molar-refractivity contribution in [1.29, 1.82) is 0 Å². The molecule has 0 bridgehead atoms.